The number of nitrogens with zero attached hydrogens (tertiary/aromatic N) is 1. The van der Waals surface area contributed by atoms with E-state index in [9.17, 15) is 18.0 Å². The van der Waals surface area contributed by atoms with E-state index in [1.165, 1.54) is 4.90 Å². The minimum absolute atomic E-state index is 0.0383. The number of nitrogens with two attached hydrogens (primary N) is 1. The maximum atomic E-state index is 13.2. The molecule has 0 spiro atoms. The number of rotatable bonds is 3. The normalized spacial score (nSPS) is 22.1. The predicted octanol–water partition coefficient (Wildman–Crippen LogP) is 2.30. The molecule has 1 aliphatic carbocycles. The van der Waals surface area contributed by atoms with Crippen molar-refractivity contribution in [2.45, 2.75) is 25.3 Å². The van der Waals surface area contributed by atoms with Crippen molar-refractivity contribution in [1.82, 2.24) is 4.90 Å². The average molecular weight is 286 g/mol. The van der Waals surface area contributed by atoms with E-state index in [0.29, 0.717) is 6.54 Å². The van der Waals surface area contributed by atoms with Gasteiger partial charge >= 0.3 is 0 Å². The van der Waals surface area contributed by atoms with Gasteiger partial charge in [0.2, 0.25) is 0 Å². The highest BCUT2D eigenvalue weighted by Crippen LogP contribution is 2.29. The Kier molecular flexibility index (Phi) is 4.32. The van der Waals surface area contributed by atoms with Gasteiger partial charge in [-0.25, -0.2) is 13.2 Å². The van der Waals surface area contributed by atoms with E-state index in [4.69, 9.17) is 5.73 Å². The van der Waals surface area contributed by atoms with Crippen LogP contribution >= 0.6 is 0 Å². The first-order valence-electron chi connectivity index (χ1n) is 6.57. The first-order chi connectivity index (χ1) is 9.45. The summed E-state index contributed by atoms with van der Waals surface area (Å²) < 4.78 is 39.3. The Morgan fingerprint density at radius 3 is 2.45 bits per heavy atom. The van der Waals surface area contributed by atoms with Crippen molar-refractivity contribution >= 4 is 5.91 Å². The summed E-state index contributed by atoms with van der Waals surface area (Å²) in [5.74, 6) is -4.61. The molecule has 1 saturated carbocycles. The zero-order valence-electron chi connectivity index (χ0n) is 11.2. The Balaban J connectivity index is 2.22. The molecule has 1 aromatic carbocycles. The number of amides is 1. The predicted molar refractivity (Wildman–Crippen MR) is 68.6 cm³/mol. The van der Waals surface area contributed by atoms with Crippen LogP contribution in [-0.2, 0) is 0 Å². The Morgan fingerprint density at radius 2 is 1.90 bits per heavy atom. The molecule has 3 nitrogen and oxygen atoms in total. The summed E-state index contributed by atoms with van der Waals surface area (Å²) >= 11 is 0. The fourth-order valence-corrected chi connectivity index (χ4v) is 2.84. The average Bonchev–Trinajstić information content (AvgIpc) is 2.90. The van der Waals surface area contributed by atoms with Crippen molar-refractivity contribution in [1.29, 1.82) is 0 Å². The molecule has 0 aromatic heterocycles. The summed E-state index contributed by atoms with van der Waals surface area (Å²) in [6, 6.07) is 1.41. The van der Waals surface area contributed by atoms with Gasteiger partial charge in [0.25, 0.3) is 5.91 Å². The smallest absolute Gasteiger partial charge is 0.254 e. The highest BCUT2D eigenvalue weighted by Gasteiger charge is 2.32. The highest BCUT2D eigenvalue weighted by atomic mass is 19.2. The second kappa shape index (κ2) is 5.83. The lowest BCUT2D eigenvalue weighted by atomic mass is 10.0. The second-order valence-corrected chi connectivity index (χ2v) is 5.16. The number of halogens is 3. The van der Waals surface area contributed by atoms with Crippen LogP contribution in [0.4, 0.5) is 13.2 Å². The van der Waals surface area contributed by atoms with E-state index in [0.717, 1.165) is 31.4 Å². The van der Waals surface area contributed by atoms with Gasteiger partial charge in [0, 0.05) is 18.7 Å². The molecule has 2 N–H and O–H groups in total. The molecule has 0 bridgehead atoms. The molecule has 2 unspecified atom stereocenters. The standard InChI is InChI=1S/C14H17F3N2O/c1-19(12-4-2-3-8(12)7-18)14(20)9-5-10(15)13(17)11(16)6-9/h5-6,8,12H,2-4,7,18H2,1H3. The molecule has 0 saturated heterocycles. The monoisotopic (exact) mass is 286 g/mol. The van der Waals surface area contributed by atoms with Crippen LogP contribution in [0.15, 0.2) is 12.1 Å². The summed E-state index contributed by atoms with van der Waals surface area (Å²) in [7, 11) is 1.58. The van der Waals surface area contributed by atoms with Gasteiger partial charge in [0.15, 0.2) is 17.5 Å². The minimum Gasteiger partial charge on any atom is -0.338 e. The van der Waals surface area contributed by atoms with E-state index in [2.05, 4.69) is 0 Å². The van der Waals surface area contributed by atoms with Crippen molar-refractivity contribution in [3.8, 4) is 0 Å². The molecule has 20 heavy (non-hydrogen) atoms. The molecular formula is C14H17F3N2O. The zero-order chi connectivity index (χ0) is 14.9. The van der Waals surface area contributed by atoms with Crippen LogP contribution in [0.3, 0.4) is 0 Å². The topological polar surface area (TPSA) is 46.3 Å². The molecule has 0 radical (unpaired) electrons. The molecule has 2 atom stereocenters. The van der Waals surface area contributed by atoms with Crippen LogP contribution in [0, 0.1) is 23.4 Å². The highest BCUT2D eigenvalue weighted by molar-refractivity contribution is 5.94. The van der Waals surface area contributed by atoms with Gasteiger partial charge in [-0.1, -0.05) is 6.42 Å². The van der Waals surface area contributed by atoms with Gasteiger partial charge < -0.3 is 10.6 Å². The van der Waals surface area contributed by atoms with Crippen molar-refractivity contribution in [2.24, 2.45) is 11.7 Å². The zero-order valence-corrected chi connectivity index (χ0v) is 11.2. The Hall–Kier alpha value is -1.56. The van der Waals surface area contributed by atoms with Crippen molar-refractivity contribution in [3.63, 3.8) is 0 Å². The van der Waals surface area contributed by atoms with E-state index in [1.807, 2.05) is 0 Å². The molecule has 2 rings (SSSR count). The Labute approximate surface area is 115 Å². The number of carbonyl (C=O) groups is 1. The van der Waals surface area contributed by atoms with E-state index in [1.54, 1.807) is 7.05 Å². The molecule has 0 aliphatic heterocycles. The third-order valence-electron chi connectivity index (χ3n) is 3.97. The molecule has 1 aromatic rings. The largest absolute Gasteiger partial charge is 0.338 e. The van der Waals surface area contributed by atoms with Gasteiger partial charge in [-0.2, -0.15) is 0 Å². The summed E-state index contributed by atoms with van der Waals surface area (Å²) in [6.07, 6.45) is 2.72. The molecule has 1 fully saturated rings. The van der Waals surface area contributed by atoms with Crippen molar-refractivity contribution < 1.29 is 18.0 Å². The molecular weight excluding hydrogens is 269 g/mol. The molecule has 6 heteroatoms. The maximum Gasteiger partial charge on any atom is 0.254 e. The minimum atomic E-state index is -1.56. The van der Waals surface area contributed by atoms with Gasteiger partial charge in [-0.3, -0.25) is 4.79 Å². The third-order valence-corrected chi connectivity index (χ3v) is 3.97. The Bertz CT molecular complexity index is 498. The lowest BCUT2D eigenvalue weighted by Crippen LogP contribution is -2.41. The number of hydrogen-bond donors (Lipinski definition) is 1. The molecule has 0 heterocycles. The SMILES string of the molecule is CN(C(=O)c1cc(F)c(F)c(F)c1)C1CCCC1CN. The second-order valence-electron chi connectivity index (χ2n) is 5.16. The number of carbonyl (C=O) groups excluding carboxylic acids is 1. The van der Waals surface area contributed by atoms with Crippen molar-refractivity contribution in [3.05, 3.63) is 35.1 Å². The van der Waals surface area contributed by atoms with Crippen LogP contribution in [0.5, 0.6) is 0 Å². The third kappa shape index (κ3) is 2.65. The van der Waals surface area contributed by atoms with Crippen LogP contribution in [-0.4, -0.2) is 30.4 Å². The first kappa shape index (κ1) is 14.8. The van der Waals surface area contributed by atoms with E-state index < -0.39 is 23.4 Å². The van der Waals surface area contributed by atoms with Gasteiger partial charge in [-0.05, 0) is 37.4 Å². The fourth-order valence-electron chi connectivity index (χ4n) is 2.84. The summed E-state index contributed by atoms with van der Waals surface area (Å²) in [4.78, 5) is 13.7. The fraction of sp³-hybridized carbons (Fsp3) is 0.500. The Morgan fingerprint density at radius 1 is 1.30 bits per heavy atom. The summed E-state index contributed by atoms with van der Waals surface area (Å²) in [5.41, 5.74) is 5.47. The number of benzene rings is 1. The first-order valence-corrected chi connectivity index (χ1v) is 6.57. The quantitative estimate of drug-likeness (QED) is 0.867. The van der Waals surface area contributed by atoms with Gasteiger partial charge in [0.05, 0.1) is 0 Å². The van der Waals surface area contributed by atoms with Crippen molar-refractivity contribution in [2.75, 3.05) is 13.6 Å². The van der Waals surface area contributed by atoms with Gasteiger partial charge in [0.1, 0.15) is 0 Å². The van der Waals surface area contributed by atoms with Crippen LogP contribution in [0.1, 0.15) is 29.6 Å². The molecule has 1 aliphatic rings. The summed E-state index contributed by atoms with van der Waals surface area (Å²) in [6.45, 7) is 0.467. The lowest BCUT2D eigenvalue weighted by molar-refractivity contribution is 0.0698. The van der Waals surface area contributed by atoms with Crippen LogP contribution in [0.25, 0.3) is 0 Å². The summed E-state index contributed by atoms with van der Waals surface area (Å²) in [5, 5.41) is 0. The van der Waals surface area contributed by atoms with Crippen LogP contribution < -0.4 is 5.73 Å². The van der Waals surface area contributed by atoms with E-state index in [-0.39, 0.29) is 17.5 Å². The number of hydrogen-bond acceptors (Lipinski definition) is 2. The maximum absolute atomic E-state index is 13.2. The van der Waals surface area contributed by atoms with Gasteiger partial charge in [-0.15, -0.1) is 0 Å². The van der Waals surface area contributed by atoms with Crippen LogP contribution in [0.2, 0.25) is 0 Å². The molecule has 110 valence electrons. The molecule has 1 amide bonds. The van der Waals surface area contributed by atoms with E-state index >= 15 is 0 Å². The lowest BCUT2D eigenvalue weighted by Gasteiger charge is -2.29.